The standard InChI is InChI=1S/C37H50ClN3O11S/c1-19-11-10-12-28(49-9)37(47)18-27(50-35(46)39-37)20(2)31-36(5,52-31)32(51-34(45)21(3)40(6)22(4)42)29(25(43)13-14-53)33(44)41(7)24-16-23(15-19)17-26(48-8)30(24)38/h10-12,16-17,20-21,27-29,31-32,47,53H,13-15,18H2,1-9H3,(H,39,46)/b12-10+,19-11+/t20-,21+,27+,28?,29?,31+,32+,36-,37+/m1/s1. The number of alkyl carbamates (subject to hydrolysis) is 1. The van der Waals surface area contributed by atoms with E-state index in [1.165, 1.54) is 52.0 Å². The highest BCUT2D eigenvalue weighted by Gasteiger charge is 2.67. The molecular formula is C37H50ClN3O11S. The average Bonchev–Trinajstić information content (AvgIpc) is 3.80. The molecule has 0 aliphatic carbocycles. The molecule has 3 aliphatic rings. The highest BCUT2D eigenvalue weighted by molar-refractivity contribution is 7.80. The van der Waals surface area contributed by atoms with Gasteiger partial charge < -0.3 is 38.6 Å². The quantitative estimate of drug-likeness (QED) is 0.152. The van der Waals surface area contributed by atoms with Crippen LogP contribution in [0.2, 0.25) is 5.02 Å². The molecule has 0 spiro atoms. The Morgan fingerprint density at radius 3 is 2.53 bits per heavy atom. The normalized spacial score (nSPS) is 32.5. The Bertz CT molecular complexity index is 1670. The summed E-state index contributed by atoms with van der Waals surface area (Å²) in [6.45, 7) is 7.97. The Labute approximate surface area is 320 Å². The number of allylic oxidation sites excluding steroid dienone is 3. The van der Waals surface area contributed by atoms with E-state index in [0.29, 0.717) is 6.42 Å². The maximum atomic E-state index is 14.8. The topological polar surface area (TPSA) is 174 Å². The zero-order chi connectivity index (χ0) is 39.6. The predicted molar refractivity (Wildman–Crippen MR) is 199 cm³/mol. The second-order valence-electron chi connectivity index (χ2n) is 14.1. The van der Waals surface area contributed by atoms with Gasteiger partial charge in [-0.2, -0.15) is 12.6 Å². The van der Waals surface area contributed by atoms with Crippen molar-refractivity contribution in [2.75, 3.05) is 39.0 Å². The minimum absolute atomic E-state index is 0.0852. The van der Waals surface area contributed by atoms with Crippen LogP contribution in [0.15, 0.2) is 35.9 Å². The van der Waals surface area contributed by atoms with Crippen LogP contribution in [0, 0.1) is 11.8 Å². The number of Topliss-reactive ketones (excluding diaryl/α,β-unsaturated/α-hetero) is 1. The molecular weight excluding hydrogens is 730 g/mol. The Balaban J connectivity index is 1.94. The molecule has 16 heteroatoms. The van der Waals surface area contributed by atoms with Crippen molar-refractivity contribution in [3.05, 3.63) is 46.5 Å². The molecule has 3 amide bonds. The lowest BCUT2D eigenvalue weighted by Crippen LogP contribution is -2.63. The number of carbonyl (C=O) groups is 5. The molecule has 2 saturated heterocycles. The van der Waals surface area contributed by atoms with E-state index >= 15 is 0 Å². The third-order valence-electron chi connectivity index (χ3n) is 10.4. The molecule has 0 radical (unpaired) electrons. The molecule has 3 heterocycles. The number of ketones is 1. The number of rotatable bonds is 8. The number of thiol groups is 1. The predicted octanol–water partition coefficient (Wildman–Crippen LogP) is 3.65. The maximum Gasteiger partial charge on any atom is 0.409 e. The molecule has 9 atom stereocenters. The van der Waals surface area contributed by atoms with Crippen molar-refractivity contribution in [3.8, 4) is 5.75 Å². The van der Waals surface area contributed by atoms with Gasteiger partial charge in [0, 0.05) is 46.9 Å². The van der Waals surface area contributed by atoms with Crippen molar-refractivity contribution in [2.24, 2.45) is 11.8 Å². The van der Waals surface area contributed by atoms with E-state index in [1.807, 2.05) is 13.0 Å². The minimum atomic E-state index is -1.89. The second-order valence-corrected chi connectivity index (χ2v) is 14.9. The third kappa shape index (κ3) is 8.86. The van der Waals surface area contributed by atoms with Crippen LogP contribution in [0.1, 0.15) is 53.0 Å². The summed E-state index contributed by atoms with van der Waals surface area (Å²) >= 11 is 11.1. The van der Waals surface area contributed by atoms with E-state index in [1.54, 1.807) is 38.1 Å². The highest BCUT2D eigenvalue weighted by atomic mass is 35.5. The largest absolute Gasteiger partial charge is 0.495 e. The average molecular weight is 780 g/mol. The number of epoxide rings is 1. The summed E-state index contributed by atoms with van der Waals surface area (Å²) in [5, 5.41) is 14.4. The van der Waals surface area contributed by atoms with Crippen molar-refractivity contribution in [1.29, 1.82) is 0 Å². The first kappa shape index (κ1) is 42.1. The zero-order valence-electron chi connectivity index (χ0n) is 31.5. The summed E-state index contributed by atoms with van der Waals surface area (Å²) < 4.78 is 29.2. The van der Waals surface area contributed by atoms with Crippen LogP contribution >= 0.6 is 24.2 Å². The Morgan fingerprint density at radius 1 is 1.25 bits per heavy atom. The summed E-state index contributed by atoms with van der Waals surface area (Å²) in [6.07, 6.45) is 0.0464. The second kappa shape index (κ2) is 16.8. The van der Waals surface area contributed by atoms with Crippen LogP contribution in [0.4, 0.5) is 10.5 Å². The van der Waals surface area contributed by atoms with Crippen LogP contribution in [0.25, 0.3) is 0 Å². The summed E-state index contributed by atoms with van der Waals surface area (Å²) in [7, 11) is 5.74. The van der Waals surface area contributed by atoms with E-state index in [-0.39, 0.29) is 35.1 Å². The molecule has 2 fully saturated rings. The molecule has 4 bridgehead atoms. The van der Waals surface area contributed by atoms with Crippen LogP contribution in [-0.4, -0.2) is 116 Å². The fourth-order valence-corrected chi connectivity index (χ4v) is 7.52. The van der Waals surface area contributed by atoms with Gasteiger partial charge in [-0.1, -0.05) is 42.3 Å². The third-order valence-corrected chi connectivity index (χ3v) is 11.0. The number of likely N-dealkylation sites (N-methyl/N-ethyl adjacent to an activating group) is 1. The lowest BCUT2D eigenvalue weighted by atomic mass is 9.79. The number of benzene rings is 1. The van der Waals surface area contributed by atoms with Gasteiger partial charge in [0.15, 0.2) is 11.8 Å². The fraction of sp³-hybridized carbons (Fsp3) is 0.595. The number of amides is 3. The van der Waals surface area contributed by atoms with E-state index in [0.717, 1.165) is 11.1 Å². The molecule has 4 rings (SSSR count). The molecule has 53 heavy (non-hydrogen) atoms. The number of hydrogen-bond donors (Lipinski definition) is 3. The van der Waals surface area contributed by atoms with Gasteiger partial charge in [0.05, 0.1) is 18.9 Å². The molecule has 292 valence electrons. The Kier molecular flexibility index (Phi) is 13.4. The summed E-state index contributed by atoms with van der Waals surface area (Å²) in [5.74, 6) is -4.53. The summed E-state index contributed by atoms with van der Waals surface area (Å²) in [4.78, 5) is 70.2. The number of halogens is 1. The number of fused-ring (bicyclic) bond motifs is 5. The van der Waals surface area contributed by atoms with Gasteiger partial charge in [0.25, 0.3) is 0 Å². The number of methoxy groups -OCH3 is 2. The number of nitrogens with one attached hydrogen (secondary N) is 1. The van der Waals surface area contributed by atoms with Gasteiger partial charge in [-0.3, -0.25) is 19.7 Å². The van der Waals surface area contributed by atoms with E-state index in [4.69, 9.17) is 35.3 Å². The molecule has 2 N–H and O–H groups in total. The van der Waals surface area contributed by atoms with Crippen molar-refractivity contribution in [2.45, 2.75) is 95.7 Å². The number of esters is 1. The number of hydrogen-bond acceptors (Lipinski definition) is 12. The van der Waals surface area contributed by atoms with Gasteiger partial charge >= 0.3 is 12.1 Å². The van der Waals surface area contributed by atoms with Gasteiger partial charge in [-0.15, -0.1) is 0 Å². The van der Waals surface area contributed by atoms with Crippen molar-refractivity contribution >= 4 is 59.6 Å². The number of carbonyl (C=O) groups excluding carboxylic acids is 5. The maximum absolute atomic E-state index is 14.8. The smallest absolute Gasteiger partial charge is 0.409 e. The monoisotopic (exact) mass is 779 g/mol. The lowest BCUT2D eigenvalue weighted by molar-refractivity contribution is -0.166. The number of ether oxygens (including phenoxy) is 5. The molecule has 2 unspecified atom stereocenters. The summed E-state index contributed by atoms with van der Waals surface area (Å²) in [5.41, 5.74) is -1.55. The minimum Gasteiger partial charge on any atom is -0.495 e. The number of nitrogens with zero attached hydrogens (tertiary/aromatic N) is 2. The van der Waals surface area contributed by atoms with Crippen LogP contribution in [0.3, 0.4) is 0 Å². The molecule has 0 saturated carbocycles. The number of aliphatic hydroxyl groups is 1. The fourth-order valence-electron chi connectivity index (χ4n) is 6.98. The van der Waals surface area contributed by atoms with Crippen molar-refractivity contribution in [1.82, 2.24) is 10.2 Å². The molecule has 1 aromatic carbocycles. The molecule has 3 aliphatic heterocycles. The Morgan fingerprint density at radius 2 is 1.92 bits per heavy atom. The van der Waals surface area contributed by atoms with E-state index in [9.17, 15) is 29.1 Å². The Hall–Kier alpha value is -3.63. The van der Waals surface area contributed by atoms with Crippen molar-refractivity contribution in [3.63, 3.8) is 0 Å². The van der Waals surface area contributed by atoms with Crippen LogP contribution < -0.4 is 15.0 Å². The SMILES string of the molecule is COc1cc2cc(c1Cl)N(C)C(=O)C(C(=O)CCS)[C@H](OC(=O)[C@H](C)N(C)C(C)=O)[C@]1(C)O[C@H]1[C@H](C)[C@@H]1C[C@@](O)(NC(=O)O1)C(OC)/C=C/C=C(\C)C2. The highest BCUT2D eigenvalue weighted by Crippen LogP contribution is 2.50. The van der Waals surface area contributed by atoms with Crippen molar-refractivity contribution < 1.29 is 52.8 Å². The van der Waals surface area contributed by atoms with Gasteiger partial charge in [0.1, 0.15) is 46.3 Å². The van der Waals surface area contributed by atoms with Gasteiger partial charge in [-0.25, -0.2) is 9.59 Å². The molecule has 14 nitrogen and oxygen atoms in total. The first-order chi connectivity index (χ1) is 24.8. The molecule has 1 aromatic rings. The van der Waals surface area contributed by atoms with Gasteiger partial charge in [-0.05, 0) is 50.6 Å². The zero-order valence-corrected chi connectivity index (χ0v) is 33.2. The lowest BCUT2D eigenvalue weighted by Gasteiger charge is -2.42. The number of anilines is 1. The first-order valence-corrected chi connectivity index (χ1v) is 18.3. The van der Waals surface area contributed by atoms with E-state index < -0.39 is 83.3 Å². The summed E-state index contributed by atoms with van der Waals surface area (Å²) in [6, 6.07) is 2.35. The van der Waals surface area contributed by atoms with Gasteiger partial charge in [0.2, 0.25) is 11.8 Å². The first-order valence-electron chi connectivity index (χ1n) is 17.3. The van der Waals surface area contributed by atoms with Crippen LogP contribution in [0.5, 0.6) is 5.75 Å². The molecule has 0 aromatic heterocycles. The van der Waals surface area contributed by atoms with Crippen LogP contribution in [-0.2, 0) is 44.5 Å². The van der Waals surface area contributed by atoms with E-state index in [2.05, 4.69) is 17.9 Å².